The molecule has 27 heavy (non-hydrogen) atoms. The van der Waals surface area contributed by atoms with E-state index in [0.29, 0.717) is 5.69 Å². The van der Waals surface area contributed by atoms with Crippen LogP contribution < -0.4 is 10.2 Å². The molecule has 1 aliphatic rings. The molecule has 1 atom stereocenters. The van der Waals surface area contributed by atoms with Gasteiger partial charge in [0, 0.05) is 18.2 Å². The van der Waals surface area contributed by atoms with E-state index < -0.39 is 28.3 Å². The molecule has 8 nitrogen and oxygen atoms in total. The van der Waals surface area contributed by atoms with Crippen LogP contribution >= 0.6 is 11.8 Å². The zero-order chi connectivity index (χ0) is 19.6. The van der Waals surface area contributed by atoms with E-state index in [-0.39, 0.29) is 23.4 Å². The minimum absolute atomic E-state index is 0.0795. The number of nitrogens with zero attached hydrogens (tertiary/aromatic N) is 1. The van der Waals surface area contributed by atoms with Crippen molar-refractivity contribution in [3.05, 3.63) is 54.1 Å². The lowest BCUT2D eigenvalue weighted by Gasteiger charge is -2.14. The zero-order valence-electron chi connectivity index (χ0n) is 13.8. The number of aromatic carboxylic acids is 1. The molecule has 3 N–H and O–H groups in total. The van der Waals surface area contributed by atoms with Gasteiger partial charge in [-0.2, -0.15) is 0 Å². The number of carboxylic acids is 1. The lowest BCUT2D eigenvalue weighted by Crippen LogP contribution is -2.32. The molecule has 3 amide bonds. The monoisotopic (exact) mass is 386 g/mol. The van der Waals surface area contributed by atoms with Crippen molar-refractivity contribution in [2.24, 2.45) is 0 Å². The Balaban J connectivity index is 1.65. The lowest BCUT2D eigenvalue weighted by atomic mass is 10.2. The molecule has 1 aliphatic heterocycles. The maximum absolute atomic E-state index is 12.5. The van der Waals surface area contributed by atoms with Gasteiger partial charge in [0.1, 0.15) is 11.0 Å². The highest BCUT2D eigenvalue weighted by atomic mass is 32.2. The Morgan fingerprint density at radius 3 is 2.44 bits per heavy atom. The van der Waals surface area contributed by atoms with E-state index in [9.17, 15) is 24.3 Å². The number of rotatable bonds is 5. The van der Waals surface area contributed by atoms with Gasteiger partial charge in [0.05, 0.1) is 11.3 Å². The summed E-state index contributed by atoms with van der Waals surface area (Å²) in [7, 11) is 0. The molecule has 3 rings (SSSR count). The van der Waals surface area contributed by atoms with Crippen LogP contribution in [0.2, 0.25) is 0 Å². The summed E-state index contributed by atoms with van der Waals surface area (Å²) in [6, 6.07) is 11.3. The second kappa shape index (κ2) is 7.50. The zero-order valence-corrected chi connectivity index (χ0v) is 14.6. The molecule has 1 heterocycles. The van der Waals surface area contributed by atoms with E-state index in [1.165, 1.54) is 48.5 Å². The van der Waals surface area contributed by atoms with Crippen molar-refractivity contribution in [3.63, 3.8) is 0 Å². The number of aromatic hydroxyl groups is 1. The van der Waals surface area contributed by atoms with Crippen LogP contribution in [0.25, 0.3) is 0 Å². The van der Waals surface area contributed by atoms with Crippen molar-refractivity contribution in [3.8, 4) is 5.75 Å². The van der Waals surface area contributed by atoms with Crippen molar-refractivity contribution >= 4 is 46.2 Å². The molecule has 1 unspecified atom stereocenters. The van der Waals surface area contributed by atoms with Crippen LogP contribution in [0.3, 0.4) is 0 Å². The molecule has 1 saturated heterocycles. The number of thioether (sulfide) groups is 1. The highest BCUT2D eigenvalue weighted by Gasteiger charge is 2.41. The van der Waals surface area contributed by atoms with E-state index in [2.05, 4.69) is 5.32 Å². The number of carbonyl (C=O) groups excluding carboxylic acids is 3. The summed E-state index contributed by atoms with van der Waals surface area (Å²) in [6.07, 6.45) is -0.217. The van der Waals surface area contributed by atoms with E-state index in [1.807, 2.05) is 0 Å². The third kappa shape index (κ3) is 4.09. The Morgan fingerprint density at radius 2 is 1.81 bits per heavy atom. The van der Waals surface area contributed by atoms with E-state index in [4.69, 9.17) is 5.11 Å². The molecule has 2 aromatic carbocycles. The van der Waals surface area contributed by atoms with Gasteiger partial charge in [-0.1, -0.05) is 6.07 Å². The van der Waals surface area contributed by atoms with Gasteiger partial charge in [-0.05, 0) is 48.2 Å². The summed E-state index contributed by atoms with van der Waals surface area (Å²) in [5, 5.41) is 19.5. The fourth-order valence-corrected chi connectivity index (χ4v) is 3.51. The number of imide groups is 1. The maximum Gasteiger partial charge on any atom is 0.335 e. The lowest BCUT2D eigenvalue weighted by molar-refractivity contribution is -0.121. The van der Waals surface area contributed by atoms with Crippen molar-refractivity contribution < 1.29 is 29.4 Å². The summed E-state index contributed by atoms with van der Waals surface area (Å²) >= 11 is 0.745. The number of carboxylic acid groups (broad SMARTS) is 1. The number of hydrogen-bond acceptors (Lipinski definition) is 6. The molecule has 0 spiro atoms. The van der Waals surface area contributed by atoms with Crippen LogP contribution in [0.15, 0.2) is 48.5 Å². The van der Waals surface area contributed by atoms with E-state index in [1.54, 1.807) is 0 Å². The molecular weight excluding hydrogens is 372 g/mol. The summed E-state index contributed by atoms with van der Waals surface area (Å²) in [5.41, 5.74) is 0.711. The second-order valence-electron chi connectivity index (χ2n) is 5.70. The number of benzene rings is 2. The first kappa shape index (κ1) is 18.5. The average molecular weight is 386 g/mol. The van der Waals surface area contributed by atoms with Gasteiger partial charge in [0.25, 0.3) is 5.24 Å². The third-order valence-corrected chi connectivity index (χ3v) is 4.83. The van der Waals surface area contributed by atoms with Gasteiger partial charge in [0.15, 0.2) is 0 Å². The largest absolute Gasteiger partial charge is 0.508 e. The normalized spacial score (nSPS) is 16.4. The molecule has 0 radical (unpaired) electrons. The first-order valence-corrected chi connectivity index (χ1v) is 8.70. The number of anilines is 2. The number of amides is 3. The van der Waals surface area contributed by atoms with E-state index >= 15 is 0 Å². The van der Waals surface area contributed by atoms with Crippen LogP contribution in [0.4, 0.5) is 16.2 Å². The molecule has 0 bridgehead atoms. The quantitative estimate of drug-likeness (QED) is 0.722. The highest BCUT2D eigenvalue weighted by Crippen LogP contribution is 2.34. The molecule has 0 aliphatic carbocycles. The fourth-order valence-electron chi connectivity index (χ4n) is 2.53. The van der Waals surface area contributed by atoms with Gasteiger partial charge in [-0.3, -0.25) is 14.4 Å². The number of phenolic OH excluding ortho intramolecular Hbond substituents is 1. The minimum Gasteiger partial charge on any atom is -0.508 e. The van der Waals surface area contributed by atoms with Crippen molar-refractivity contribution in [1.29, 1.82) is 0 Å². The van der Waals surface area contributed by atoms with Crippen molar-refractivity contribution in [2.75, 3.05) is 10.2 Å². The Kier molecular flexibility index (Phi) is 5.13. The summed E-state index contributed by atoms with van der Waals surface area (Å²) in [6.45, 7) is 0. The maximum atomic E-state index is 12.5. The molecule has 2 aromatic rings. The Labute approximate surface area is 157 Å². The number of carbonyl (C=O) groups is 4. The highest BCUT2D eigenvalue weighted by molar-refractivity contribution is 8.15. The number of hydrogen-bond donors (Lipinski definition) is 3. The van der Waals surface area contributed by atoms with Crippen LogP contribution in [-0.4, -0.2) is 38.5 Å². The SMILES string of the molecule is O=C(CC1SC(=O)N(c2cccc(O)c2)C1=O)Nc1ccc(C(=O)O)cc1. The first-order valence-electron chi connectivity index (χ1n) is 7.82. The first-order chi connectivity index (χ1) is 12.8. The molecule has 9 heteroatoms. The van der Waals surface area contributed by atoms with Gasteiger partial charge >= 0.3 is 5.97 Å². The molecule has 0 aromatic heterocycles. The average Bonchev–Trinajstić information content (AvgIpc) is 2.88. The van der Waals surface area contributed by atoms with Crippen LogP contribution in [-0.2, 0) is 9.59 Å². The van der Waals surface area contributed by atoms with Gasteiger partial charge in [-0.15, -0.1) is 0 Å². The number of phenols is 1. The van der Waals surface area contributed by atoms with E-state index in [0.717, 1.165) is 16.7 Å². The Bertz CT molecular complexity index is 928. The smallest absolute Gasteiger partial charge is 0.335 e. The van der Waals surface area contributed by atoms with Gasteiger partial charge < -0.3 is 15.5 Å². The molecule has 0 saturated carbocycles. The third-order valence-electron chi connectivity index (χ3n) is 3.80. The second-order valence-corrected chi connectivity index (χ2v) is 6.85. The standard InChI is InChI=1S/C18H14N2O6S/c21-13-3-1-2-12(8-13)20-16(23)14(27-18(20)26)9-15(22)19-11-6-4-10(5-7-11)17(24)25/h1-8,14,21H,9H2,(H,19,22)(H,24,25). The minimum atomic E-state index is -1.08. The van der Waals surface area contributed by atoms with Crippen molar-refractivity contribution in [2.45, 2.75) is 11.7 Å². The van der Waals surface area contributed by atoms with Gasteiger partial charge in [0.2, 0.25) is 11.8 Å². The van der Waals surface area contributed by atoms with Crippen LogP contribution in [0.1, 0.15) is 16.8 Å². The Hall–Kier alpha value is -3.33. The molecule has 1 fully saturated rings. The Morgan fingerprint density at radius 1 is 1.11 bits per heavy atom. The fraction of sp³-hybridized carbons (Fsp3) is 0.111. The van der Waals surface area contributed by atoms with Crippen LogP contribution in [0.5, 0.6) is 5.75 Å². The molecule has 138 valence electrons. The predicted octanol–water partition coefficient (Wildman–Crippen LogP) is 2.69. The van der Waals surface area contributed by atoms with Gasteiger partial charge in [-0.25, -0.2) is 9.69 Å². The topological polar surface area (TPSA) is 124 Å². The summed E-state index contributed by atoms with van der Waals surface area (Å²) in [4.78, 5) is 48.6. The molecular formula is C18H14N2O6S. The summed E-state index contributed by atoms with van der Waals surface area (Å²) < 4.78 is 0. The number of nitrogens with one attached hydrogen (secondary N) is 1. The van der Waals surface area contributed by atoms with Crippen molar-refractivity contribution in [1.82, 2.24) is 0 Å². The predicted molar refractivity (Wildman–Crippen MR) is 99.0 cm³/mol. The van der Waals surface area contributed by atoms with Crippen LogP contribution in [0, 0.1) is 0 Å². The summed E-state index contributed by atoms with van der Waals surface area (Å²) in [5.74, 6) is -2.17.